The fraction of sp³-hybridized carbons (Fsp3) is 0.333. The van der Waals surface area contributed by atoms with Crippen molar-refractivity contribution in [3.63, 3.8) is 0 Å². The summed E-state index contributed by atoms with van der Waals surface area (Å²) >= 11 is 11.7. The number of hydrogen-bond donors (Lipinski definition) is 2. The highest BCUT2D eigenvalue weighted by molar-refractivity contribution is 6.44. The number of hydrogen-bond acceptors (Lipinski definition) is 4. The SMILES string of the molecule is Nc1cc(Cl)c(Cl)c(C(=O)OCC(=O)NC2CC2)c1. The lowest BCUT2D eigenvalue weighted by molar-refractivity contribution is -0.124. The van der Waals surface area contributed by atoms with E-state index in [0.29, 0.717) is 5.69 Å². The van der Waals surface area contributed by atoms with Crippen molar-refractivity contribution < 1.29 is 14.3 Å². The van der Waals surface area contributed by atoms with Crippen LogP contribution >= 0.6 is 23.2 Å². The highest BCUT2D eigenvalue weighted by Crippen LogP contribution is 2.29. The number of carbonyl (C=O) groups is 2. The molecule has 0 radical (unpaired) electrons. The summed E-state index contributed by atoms with van der Waals surface area (Å²) in [5.74, 6) is -1.06. The van der Waals surface area contributed by atoms with Gasteiger partial charge in [0.2, 0.25) is 0 Å². The Morgan fingerprint density at radius 3 is 2.68 bits per heavy atom. The van der Waals surface area contributed by atoms with Gasteiger partial charge < -0.3 is 15.8 Å². The highest BCUT2D eigenvalue weighted by atomic mass is 35.5. The molecule has 1 amide bonds. The number of amides is 1. The molecule has 0 spiro atoms. The van der Waals surface area contributed by atoms with Gasteiger partial charge in [0.15, 0.2) is 6.61 Å². The second-order valence-electron chi connectivity index (χ2n) is 4.28. The van der Waals surface area contributed by atoms with Gasteiger partial charge in [-0.1, -0.05) is 23.2 Å². The summed E-state index contributed by atoms with van der Waals surface area (Å²) in [5, 5.41) is 2.92. The number of benzene rings is 1. The Hall–Kier alpha value is -1.46. The van der Waals surface area contributed by atoms with E-state index >= 15 is 0 Å². The summed E-state index contributed by atoms with van der Waals surface area (Å²) in [6.45, 7) is -0.349. The molecule has 0 aliphatic heterocycles. The zero-order chi connectivity index (χ0) is 14.0. The summed E-state index contributed by atoms with van der Waals surface area (Å²) in [5.41, 5.74) is 5.91. The van der Waals surface area contributed by atoms with E-state index in [1.54, 1.807) is 0 Å². The Morgan fingerprint density at radius 2 is 2.05 bits per heavy atom. The van der Waals surface area contributed by atoms with Crippen LogP contribution in [0.15, 0.2) is 12.1 Å². The minimum absolute atomic E-state index is 0.0471. The highest BCUT2D eigenvalue weighted by Gasteiger charge is 2.24. The van der Waals surface area contributed by atoms with E-state index in [2.05, 4.69) is 5.32 Å². The largest absolute Gasteiger partial charge is 0.452 e. The van der Waals surface area contributed by atoms with Crippen molar-refractivity contribution in [3.8, 4) is 0 Å². The molecule has 0 aromatic heterocycles. The zero-order valence-corrected chi connectivity index (χ0v) is 11.4. The number of carbonyl (C=O) groups excluding carboxylic acids is 2. The zero-order valence-electron chi connectivity index (χ0n) is 9.91. The van der Waals surface area contributed by atoms with Gasteiger partial charge in [-0.2, -0.15) is 0 Å². The number of halogens is 2. The topological polar surface area (TPSA) is 81.4 Å². The molecule has 1 aliphatic rings. The molecule has 0 bridgehead atoms. The summed E-state index contributed by atoms with van der Waals surface area (Å²) < 4.78 is 4.86. The van der Waals surface area contributed by atoms with Crippen LogP contribution in [0.2, 0.25) is 10.0 Å². The normalized spacial score (nSPS) is 14.0. The van der Waals surface area contributed by atoms with E-state index in [1.165, 1.54) is 12.1 Å². The Bertz CT molecular complexity index is 530. The third-order valence-electron chi connectivity index (χ3n) is 2.55. The number of rotatable bonds is 4. The molecule has 19 heavy (non-hydrogen) atoms. The van der Waals surface area contributed by atoms with Crippen molar-refractivity contribution in [1.82, 2.24) is 5.32 Å². The average Bonchev–Trinajstić information content (AvgIpc) is 3.14. The molecule has 1 saturated carbocycles. The molecule has 5 nitrogen and oxygen atoms in total. The predicted octanol–water partition coefficient (Wildman–Crippen LogP) is 2.01. The Morgan fingerprint density at radius 1 is 1.37 bits per heavy atom. The van der Waals surface area contributed by atoms with Crippen LogP contribution in [0.4, 0.5) is 5.69 Å². The fourth-order valence-electron chi connectivity index (χ4n) is 1.46. The van der Waals surface area contributed by atoms with Gasteiger partial charge in [0.1, 0.15) is 0 Å². The molecular weight excluding hydrogens is 291 g/mol. The molecule has 1 aromatic carbocycles. The standard InChI is InChI=1S/C12H12Cl2N2O3/c13-9-4-6(15)3-8(11(9)14)12(18)19-5-10(17)16-7-1-2-7/h3-4,7H,1-2,5,15H2,(H,16,17). The maximum atomic E-state index is 11.8. The first-order valence-corrected chi connectivity index (χ1v) is 6.44. The van der Waals surface area contributed by atoms with Crippen LogP contribution in [-0.2, 0) is 9.53 Å². The van der Waals surface area contributed by atoms with Gasteiger partial charge >= 0.3 is 5.97 Å². The molecule has 1 aliphatic carbocycles. The van der Waals surface area contributed by atoms with Gasteiger partial charge in [0.05, 0.1) is 15.6 Å². The van der Waals surface area contributed by atoms with Gasteiger partial charge in [0.25, 0.3) is 5.91 Å². The molecule has 102 valence electrons. The smallest absolute Gasteiger partial charge is 0.340 e. The van der Waals surface area contributed by atoms with Crippen LogP contribution in [0.5, 0.6) is 0 Å². The molecule has 0 atom stereocenters. The number of nitrogens with two attached hydrogens (primary N) is 1. The first-order chi connectivity index (χ1) is 8.97. The van der Waals surface area contributed by atoms with Crippen molar-refractivity contribution in [2.24, 2.45) is 0 Å². The van der Waals surface area contributed by atoms with Crippen LogP contribution in [0.25, 0.3) is 0 Å². The summed E-state index contributed by atoms with van der Waals surface area (Å²) in [6.07, 6.45) is 1.94. The van der Waals surface area contributed by atoms with Crippen molar-refractivity contribution in [1.29, 1.82) is 0 Å². The van der Waals surface area contributed by atoms with Crippen LogP contribution < -0.4 is 11.1 Å². The lowest BCUT2D eigenvalue weighted by atomic mass is 10.2. The van der Waals surface area contributed by atoms with Gasteiger partial charge in [-0.15, -0.1) is 0 Å². The Labute approximate surface area is 120 Å². The van der Waals surface area contributed by atoms with Crippen LogP contribution in [0.1, 0.15) is 23.2 Å². The van der Waals surface area contributed by atoms with Gasteiger partial charge in [-0.3, -0.25) is 4.79 Å². The number of nitrogen functional groups attached to an aromatic ring is 1. The lowest BCUT2D eigenvalue weighted by Crippen LogP contribution is -2.30. The molecule has 0 heterocycles. The second kappa shape index (κ2) is 5.67. The van der Waals surface area contributed by atoms with Gasteiger partial charge in [-0.25, -0.2) is 4.79 Å². The minimum atomic E-state index is -0.731. The van der Waals surface area contributed by atoms with Crippen molar-refractivity contribution in [2.45, 2.75) is 18.9 Å². The van der Waals surface area contributed by atoms with Crippen LogP contribution in [0.3, 0.4) is 0 Å². The fourth-order valence-corrected chi connectivity index (χ4v) is 1.88. The van der Waals surface area contributed by atoms with E-state index in [4.69, 9.17) is 33.7 Å². The number of anilines is 1. The first kappa shape index (κ1) is 14.0. The maximum Gasteiger partial charge on any atom is 0.340 e. The molecule has 2 rings (SSSR count). The number of ether oxygens (including phenoxy) is 1. The van der Waals surface area contributed by atoms with E-state index in [-0.39, 0.29) is 34.2 Å². The van der Waals surface area contributed by atoms with Crippen molar-refractivity contribution >= 4 is 40.8 Å². The van der Waals surface area contributed by atoms with E-state index < -0.39 is 5.97 Å². The van der Waals surface area contributed by atoms with E-state index in [0.717, 1.165) is 12.8 Å². The number of nitrogens with one attached hydrogen (secondary N) is 1. The molecule has 7 heteroatoms. The van der Waals surface area contributed by atoms with Gasteiger partial charge in [0, 0.05) is 11.7 Å². The quantitative estimate of drug-likeness (QED) is 0.658. The molecule has 1 fully saturated rings. The molecule has 0 unspecified atom stereocenters. The summed E-state index contributed by atoms with van der Waals surface area (Å²) in [7, 11) is 0. The summed E-state index contributed by atoms with van der Waals surface area (Å²) in [4.78, 5) is 23.2. The molecule has 0 saturated heterocycles. The Kier molecular flexibility index (Phi) is 4.17. The number of esters is 1. The summed E-state index contributed by atoms with van der Waals surface area (Å²) in [6, 6.07) is 3.01. The van der Waals surface area contributed by atoms with E-state index in [9.17, 15) is 9.59 Å². The van der Waals surface area contributed by atoms with E-state index in [1.807, 2.05) is 0 Å². The third kappa shape index (κ3) is 3.75. The van der Waals surface area contributed by atoms with Crippen LogP contribution in [-0.4, -0.2) is 24.5 Å². The predicted molar refractivity (Wildman–Crippen MR) is 72.3 cm³/mol. The van der Waals surface area contributed by atoms with Crippen molar-refractivity contribution in [2.75, 3.05) is 12.3 Å². The van der Waals surface area contributed by atoms with Crippen molar-refractivity contribution in [3.05, 3.63) is 27.7 Å². The minimum Gasteiger partial charge on any atom is -0.452 e. The maximum absolute atomic E-state index is 11.8. The molecule has 3 N–H and O–H groups in total. The third-order valence-corrected chi connectivity index (χ3v) is 3.35. The van der Waals surface area contributed by atoms with Gasteiger partial charge in [-0.05, 0) is 25.0 Å². The lowest BCUT2D eigenvalue weighted by Gasteiger charge is -2.08. The van der Waals surface area contributed by atoms with Crippen LogP contribution in [0, 0.1) is 0 Å². The monoisotopic (exact) mass is 302 g/mol. The molecular formula is C12H12Cl2N2O3. The average molecular weight is 303 g/mol. The molecule has 1 aromatic rings. The first-order valence-electron chi connectivity index (χ1n) is 5.68. The Balaban J connectivity index is 1.97. The second-order valence-corrected chi connectivity index (χ2v) is 5.07.